The SMILES string of the molecule is CCCC[C@](C)(O)COS(=O)(=O)c1ccc(C)cc1. The molecule has 0 amide bonds. The van der Waals surface area contributed by atoms with E-state index in [2.05, 4.69) is 0 Å². The zero-order valence-corrected chi connectivity index (χ0v) is 12.5. The Morgan fingerprint density at radius 3 is 2.37 bits per heavy atom. The summed E-state index contributed by atoms with van der Waals surface area (Å²) in [6, 6.07) is 6.44. The maximum atomic E-state index is 11.9. The molecule has 0 aliphatic carbocycles. The van der Waals surface area contributed by atoms with Gasteiger partial charge in [0.25, 0.3) is 10.1 Å². The van der Waals surface area contributed by atoms with Gasteiger partial charge in [0.05, 0.1) is 17.1 Å². The third kappa shape index (κ3) is 5.30. The lowest BCUT2D eigenvalue weighted by atomic mass is 10.0. The fraction of sp³-hybridized carbons (Fsp3) is 0.571. The van der Waals surface area contributed by atoms with E-state index in [0.717, 1.165) is 18.4 Å². The lowest BCUT2D eigenvalue weighted by Gasteiger charge is -2.22. The van der Waals surface area contributed by atoms with Crippen LogP contribution < -0.4 is 0 Å². The second-order valence-electron chi connectivity index (χ2n) is 5.13. The van der Waals surface area contributed by atoms with E-state index < -0.39 is 15.7 Å². The molecule has 0 fully saturated rings. The third-order valence-corrected chi connectivity index (χ3v) is 4.18. The Morgan fingerprint density at radius 2 is 1.84 bits per heavy atom. The molecule has 1 atom stereocenters. The number of rotatable bonds is 7. The first-order valence-corrected chi connectivity index (χ1v) is 7.86. The van der Waals surface area contributed by atoms with Crippen molar-refractivity contribution < 1.29 is 17.7 Å². The molecular formula is C14H22O4S. The first-order valence-electron chi connectivity index (χ1n) is 6.45. The van der Waals surface area contributed by atoms with Crippen molar-refractivity contribution in [1.82, 2.24) is 0 Å². The summed E-state index contributed by atoms with van der Waals surface area (Å²) in [7, 11) is -3.80. The second kappa shape index (κ2) is 6.50. The molecule has 19 heavy (non-hydrogen) atoms. The van der Waals surface area contributed by atoms with Crippen molar-refractivity contribution in [3.05, 3.63) is 29.8 Å². The molecule has 0 saturated carbocycles. The highest BCUT2D eigenvalue weighted by atomic mass is 32.2. The van der Waals surface area contributed by atoms with Crippen LogP contribution in [0.3, 0.4) is 0 Å². The van der Waals surface area contributed by atoms with E-state index in [1.165, 1.54) is 12.1 Å². The summed E-state index contributed by atoms with van der Waals surface area (Å²) in [5, 5.41) is 10.0. The average Bonchev–Trinajstić information content (AvgIpc) is 2.35. The Morgan fingerprint density at radius 1 is 1.26 bits per heavy atom. The zero-order chi connectivity index (χ0) is 14.5. The standard InChI is InChI=1S/C14H22O4S/c1-4-5-10-14(3,15)11-18-19(16,17)13-8-6-12(2)7-9-13/h6-9,15H,4-5,10-11H2,1-3H3/t14-/m0/s1. The molecule has 0 aliphatic heterocycles. The molecule has 4 nitrogen and oxygen atoms in total. The molecule has 0 spiro atoms. The maximum Gasteiger partial charge on any atom is 0.297 e. The minimum absolute atomic E-state index is 0.115. The molecule has 1 aromatic carbocycles. The van der Waals surface area contributed by atoms with Gasteiger partial charge >= 0.3 is 0 Å². The van der Waals surface area contributed by atoms with Crippen LogP contribution in [0.1, 0.15) is 38.7 Å². The second-order valence-corrected chi connectivity index (χ2v) is 6.75. The van der Waals surface area contributed by atoms with E-state index >= 15 is 0 Å². The quantitative estimate of drug-likeness (QED) is 0.783. The van der Waals surface area contributed by atoms with Crippen LogP contribution in [0.4, 0.5) is 0 Å². The molecular weight excluding hydrogens is 264 g/mol. The number of unbranched alkanes of at least 4 members (excludes halogenated alkanes) is 1. The van der Waals surface area contributed by atoms with E-state index in [9.17, 15) is 13.5 Å². The van der Waals surface area contributed by atoms with Gasteiger partial charge in [0.1, 0.15) is 0 Å². The first kappa shape index (κ1) is 16.1. The molecule has 0 unspecified atom stereocenters. The summed E-state index contributed by atoms with van der Waals surface area (Å²) in [5.41, 5.74) is -0.137. The molecule has 5 heteroatoms. The van der Waals surface area contributed by atoms with Crippen molar-refractivity contribution in [3.8, 4) is 0 Å². The van der Waals surface area contributed by atoms with Crippen LogP contribution >= 0.6 is 0 Å². The molecule has 0 heterocycles. The average molecular weight is 286 g/mol. The van der Waals surface area contributed by atoms with E-state index in [1.807, 2.05) is 13.8 Å². The van der Waals surface area contributed by atoms with Crippen molar-refractivity contribution >= 4 is 10.1 Å². The Kier molecular flexibility index (Phi) is 5.52. The molecule has 1 rings (SSSR count). The number of hydrogen-bond acceptors (Lipinski definition) is 4. The van der Waals surface area contributed by atoms with E-state index in [4.69, 9.17) is 4.18 Å². The largest absolute Gasteiger partial charge is 0.388 e. The smallest absolute Gasteiger partial charge is 0.297 e. The Balaban J connectivity index is 2.68. The fourth-order valence-corrected chi connectivity index (χ4v) is 2.62. The monoisotopic (exact) mass is 286 g/mol. The minimum atomic E-state index is -3.80. The van der Waals surface area contributed by atoms with Crippen LogP contribution in [0.5, 0.6) is 0 Å². The van der Waals surface area contributed by atoms with Crippen molar-refractivity contribution in [1.29, 1.82) is 0 Å². The highest BCUT2D eigenvalue weighted by molar-refractivity contribution is 7.86. The summed E-state index contributed by atoms with van der Waals surface area (Å²) in [6.07, 6.45) is 2.30. The van der Waals surface area contributed by atoms with Gasteiger partial charge in [-0.3, -0.25) is 4.18 Å². The Labute approximate surface area is 115 Å². The molecule has 0 bridgehead atoms. The normalized spacial score (nSPS) is 15.2. The van der Waals surface area contributed by atoms with Crippen molar-refractivity contribution in [2.45, 2.75) is 50.5 Å². The molecule has 1 aromatic rings. The Hall–Kier alpha value is -0.910. The first-order chi connectivity index (χ1) is 8.77. The summed E-state index contributed by atoms with van der Waals surface area (Å²) >= 11 is 0. The van der Waals surface area contributed by atoms with Gasteiger partial charge in [0, 0.05) is 0 Å². The van der Waals surface area contributed by atoms with Gasteiger partial charge in [-0.05, 0) is 32.4 Å². The summed E-state index contributed by atoms with van der Waals surface area (Å²) in [5.74, 6) is 0. The lowest BCUT2D eigenvalue weighted by Crippen LogP contribution is -2.31. The van der Waals surface area contributed by atoms with Gasteiger partial charge in [0.2, 0.25) is 0 Å². The summed E-state index contributed by atoms with van der Waals surface area (Å²) in [4.78, 5) is 0.115. The highest BCUT2D eigenvalue weighted by Crippen LogP contribution is 2.18. The predicted molar refractivity (Wildman–Crippen MR) is 74.5 cm³/mol. The van der Waals surface area contributed by atoms with Crippen LogP contribution in [-0.2, 0) is 14.3 Å². The van der Waals surface area contributed by atoms with E-state index in [0.29, 0.717) is 6.42 Å². The van der Waals surface area contributed by atoms with Gasteiger partial charge in [-0.2, -0.15) is 8.42 Å². The predicted octanol–water partition coefficient (Wildman–Crippen LogP) is 2.64. The highest BCUT2D eigenvalue weighted by Gasteiger charge is 2.24. The third-order valence-electron chi connectivity index (χ3n) is 2.90. The zero-order valence-electron chi connectivity index (χ0n) is 11.7. The van der Waals surface area contributed by atoms with Gasteiger partial charge in [-0.15, -0.1) is 0 Å². The fourth-order valence-electron chi connectivity index (χ4n) is 1.61. The molecule has 0 radical (unpaired) electrons. The van der Waals surface area contributed by atoms with E-state index in [1.54, 1.807) is 19.1 Å². The topological polar surface area (TPSA) is 63.6 Å². The summed E-state index contributed by atoms with van der Waals surface area (Å²) in [6.45, 7) is 5.27. The van der Waals surface area contributed by atoms with Gasteiger partial charge < -0.3 is 5.11 Å². The van der Waals surface area contributed by atoms with Crippen LogP contribution in [0.15, 0.2) is 29.2 Å². The number of aryl methyl sites for hydroxylation is 1. The van der Waals surface area contributed by atoms with Crippen LogP contribution in [0, 0.1) is 6.92 Å². The van der Waals surface area contributed by atoms with Crippen molar-refractivity contribution in [2.24, 2.45) is 0 Å². The van der Waals surface area contributed by atoms with E-state index in [-0.39, 0.29) is 11.5 Å². The minimum Gasteiger partial charge on any atom is -0.388 e. The molecule has 108 valence electrons. The summed E-state index contributed by atoms with van der Waals surface area (Å²) < 4.78 is 28.8. The number of aliphatic hydroxyl groups is 1. The molecule has 0 aliphatic rings. The van der Waals surface area contributed by atoms with Gasteiger partial charge in [-0.25, -0.2) is 0 Å². The van der Waals surface area contributed by atoms with Crippen LogP contribution in [-0.4, -0.2) is 25.7 Å². The van der Waals surface area contributed by atoms with Crippen molar-refractivity contribution in [2.75, 3.05) is 6.61 Å². The Bertz CT molecular complexity index is 489. The molecule has 1 N–H and O–H groups in total. The van der Waals surface area contributed by atoms with Crippen LogP contribution in [0.25, 0.3) is 0 Å². The molecule has 0 aromatic heterocycles. The van der Waals surface area contributed by atoms with Gasteiger partial charge in [-0.1, -0.05) is 37.5 Å². The molecule has 0 saturated heterocycles. The number of benzene rings is 1. The van der Waals surface area contributed by atoms with Crippen LogP contribution in [0.2, 0.25) is 0 Å². The van der Waals surface area contributed by atoms with Gasteiger partial charge in [0.15, 0.2) is 0 Å². The lowest BCUT2D eigenvalue weighted by molar-refractivity contribution is 0.00467. The number of hydrogen-bond donors (Lipinski definition) is 1. The van der Waals surface area contributed by atoms with Crippen molar-refractivity contribution in [3.63, 3.8) is 0 Å². The maximum absolute atomic E-state index is 11.9.